The number of hydrogen-bond donors (Lipinski definition) is 1. The lowest BCUT2D eigenvalue weighted by Gasteiger charge is -1.97. The number of imidazole rings is 1. The maximum absolute atomic E-state index is 10.4. The van der Waals surface area contributed by atoms with Crippen LogP contribution in [0.25, 0.3) is 0 Å². The van der Waals surface area contributed by atoms with Crippen LogP contribution < -0.4 is 0 Å². The first-order valence-corrected chi connectivity index (χ1v) is 2.99. The van der Waals surface area contributed by atoms with Crippen molar-refractivity contribution in [2.45, 2.75) is 13.5 Å². The molecular formula is C6H9ClN2O2. The van der Waals surface area contributed by atoms with E-state index >= 15 is 0 Å². The fourth-order valence-electron chi connectivity index (χ4n) is 0.751. The van der Waals surface area contributed by atoms with Crippen LogP contribution in [0.4, 0.5) is 0 Å². The van der Waals surface area contributed by atoms with Crippen LogP contribution >= 0.6 is 12.4 Å². The lowest BCUT2D eigenvalue weighted by molar-refractivity contribution is 0.0685. The van der Waals surface area contributed by atoms with Gasteiger partial charge in [-0.25, -0.2) is 9.78 Å². The summed E-state index contributed by atoms with van der Waals surface area (Å²) in [5.41, 5.74) is 0.238. The van der Waals surface area contributed by atoms with Crippen LogP contribution in [0.15, 0.2) is 12.5 Å². The molecule has 0 amide bonds. The molecule has 1 aromatic rings. The van der Waals surface area contributed by atoms with Crippen molar-refractivity contribution in [2.24, 2.45) is 0 Å². The number of halogens is 1. The van der Waals surface area contributed by atoms with E-state index in [9.17, 15) is 4.79 Å². The number of aromatic carboxylic acids is 1. The Bertz CT molecular complexity index is 246. The fraction of sp³-hybridized carbons (Fsp3) is 0.333. The molecule has 0 spiro atoms. The summed E-state index contributed by atoms with van der Waals surface area (Å²) in [4.78, 5) is 14.1. The van der Waals surface area contributed by atoms with Crippen molar-refractivity contribution in [3.8, 4) is 0 Å². The number of aryl methyl sites for hydroxylation is 1. The lowest BCUT2D eigenvalue weighted by Crippen LogP contribution is -2.05. The van der Waals surface area contributed by atoms with Crippen molar-refractivity contribution in [2.75, 3.05) is 0 Å². The number of hydrogen-bond acceptors (Lipinski definition) is 2. The Balaban J connectivity index is 0.000001000. The summed E-state index contributed by atoms with van der Waals surface area (Å²) >= 11 is 0. The average molecular weight is 177 g/mol. The molecule has 5 heteroatoms. The molecule has 4 nitrogen and oxygen atoms in total. The molecule has 0 aliphatic carbocycles. The molecular weight excluding hydrogens is 168 g/mol. The van der Waals surface area contributed by atoms with Crippen molar-refractivity contribution in [1.82, 2.24) is 9.55 Å². The molecule has 0 aliphatic rings. The second kappa shape index (κ2) is 3.98. The van der Waals surface area contributed by atoms with Gasteiger partial charge in [-0.15, -0.1) is 12.4 Å². The van der Waals surface area contributed by atoms with Gasteiger partial charge in [0, 0.05) is 6.54 Å². The summed E-state index contributed by atoms with van der Waals surface area (Å²) in [6.45, 7) is 2.51. The van der Waals surface area contributed by atoms with Gasteiger partial charge >= 0.3 is 5.97 Å². The molecule has 62 valence electrons. The summed E-state index contributed by atoms with van der Waals surface area (Å²) in [5, 5.41) is 8.52. The van der Waals surface area contributed by atoms with E-state index in [-0.39, 0.29) is 18.1 Å². The number of nitrogens with zero attached hydrogens (tertiary/aromatic N) is 2. The number of aromatic nitrogens is 2. The Hall–Kier alpha value is -1.03. The molecule has 0 saturated carbocycles. The van der Waals surface area contributed by atoms with Crippen LogP contribution in [-0.4, -0.2) is 20.6 Å². The molecule has 1 heterocycles. The number of carboxylic acids is 1. The monoisotopic (exact) mass is 176 g/mol. The zero-order valence-electron chi connectivity index (χ0n) is 6.02. The topological polar surface area (TPSA) is 55.1 Å². The van der Waals surface area contributed by atoms with Crippen LogP contribution in [0.2, 0.25) is 0 Å². The minimum absolute atomic E-state index is 0. The summed E-state index contributed by atoms with van der Waals surface area (Å²) in [6.07, 6.45) is 2.84. The molecule has 0 bridgehead atoms. The molecule has 0 fully saturated rings. The Morgan fingerprint density at radius 1 is 1.82 bits per heavy atom. The van der Waals surface area contributed by atoms with E-state index in [2.05, 4.69) is 4.98 Å². The van der Waals surface area contributed by atoms with Crippen LogP contribution in [0.5, 0.6) is 0 Å². The highest BCUT2D eigenvalue weighted by atomic mass is 35.5. The summed E-state index contributed by atoms with van der Waals surface area (Å²) in [7, 11) is 0. The highest BCUT2D eigenvalue weighted by molar-refractivity contribution is 5.85. The largest absolute Gasteiger partial charge is 0.477 e. The second-order valence-electron chi connectivity index (χ2n) is 1.87. The van der Waals surface area contributed by atoms with Gasteiger partial charge in [0.1, 0.15) is 5.69 Å². The minimum Gasteiger partial charge on any atom is -0.477 e. The predicted octanol–water partition coefficient (Wildman–Crippen LogP) is 1.02. The Morgan fingerprint density at radius 2 is 2.45 bits per heavy atom. The number of carbonyl (C=O) groups is 1. The Kier molecular flexibility index (Phi) is 3.60. The molecule has 1 rings (SSSR count). The van der Waals surface area contributed by atoms with E-state index < -0.39 is 5.97 Å². The maximum atomic E-state index is 10.4. The molecule has 0 aromatic carbocycles. The quantitative estimate of drug-likeness (QED) is 0.732. The van der Waals surface area contributed by atoms with E-state index in [0.717, 1.165) is 0 Å². The van der Waals surface area contributed by atoms with E-state index in [1.807, 2.05) is 6.92 Å². The first kappa shape index (κ1) is 9.97. The van der Waals surface area contributed by atoms with Crippen LogP contribution in [-0.2, 0) is 6.54 Å². The Labute approximate surface area is 70.3 Å². The van der Waals surface area contributed by atoms with Crippen molar-refractivity contribution in [3.63, 3.8) is 0 Å². The van der Waals surface area contributed by atoms with Crippen molar-refractivity contribution < 1.29 is 9.90 Å². The van der Waals surface area contributed by atoms with Crippen LogP contribution in [0.1, 0.15) is 17.4 Å². The van der Waals surface area contributed by atoms with Crippen molar-refractivity contribution in [3.05, 3.63) is 18.2 Å². The third kappa shape index (κ3) is 1.94. The number of rotatable bonds is 2. The predicted molar refractivity (Wildman–Crippen MR) is 42.1 cm³/mol. The van der Waals surface area contributed by atoms with Crippen molar-refractivity contribution >= 4 is 18.4 Å². The molecule has 0 radical (unpaired) electrons. The normalized spacial score (nSPS) is 8.82. The summed E-state index contributed by atoms with van der Waals surface area (Å²) in [5.74, 6) is -0.931. The molecule has 0 unspecified atom stereocenters. The second-order valence-corrected chi connectivity index (χ2v) is 1.87. The molecule has 0 aliphatic heterocycles. The zero-order chi connectivity index (χ0) is 7.56. The first-order valence-electron chi connectivity index (χ1n) is 2.99. The van der Waals surface area contributed by atoms with Gasteiger partial charge in [0.25, 0.3) is 0 Å². The van der Waals surface area contributed by atoms with Gasteiger partial charge < -0.3 is 9.67 Å². The van der Waals surface area contributed by atoms with Gasteiger partial charge in [0.2, 0.25) is 0 Å². The standard InChI is InChI=1S/C6H8N2O2.ClH/c1-2-8-4-7-3-5(8)6(9)10;/h3-4H,2H2,1H3,(H,9,10);1H. The van der Waals surface area contributed by atoms with E-state index in [1.54, 1.807) is 4.57 Å². The van der Waals surface area contributed by atoms with E-state index in [1.165, 1.54) is 12.5 Å². The molecule has 0 atom stereocenters. The van der Waals surface area contributed by atoms with Crippen molar-refractivity contribution in [1.29, 1.82) is 0 Å². The molecule has 0 saturated heterocycles. The van der Waals surface area contributed by atoms with Gasteiger partial charge in [0.15, 0.2) is 0 Å². The maximum Gasteiger partial charge on any atom is 0.354 e. The third-order valence-corrected chi connectivity index (χ3v) is 1.27. The highest BCUT2D eigenvalue weighted by Gasteiger charge is 2.06. The van der Waals surface area contributed by atoms with Gasteiger partial charge in [-0.3, -0.25) is 0 Å². The lowest BCUT2D eigenvalue weighted by atomic mass is 10.5. The third-order valence-electron chi connectivity index (χ3n) is 1.27. The highest BCUT2D eigenvalue weighted by Crippen LogP contribution is 1.97. The molecule has 11 heavy (non-hydrogen) atoms. The van der Waals surface area contributed by atoms with Gasteiger partial charge in [-0.2, -0.15) is 0 Å². The van der Waals surface area contributed by atoms with E-state index in [4.69, 9.17) is 5.11 Å². The van der Waals surface area contributed by atoms with Crippen LogP contribution in [0, 0.1) is 0 Å². The first-order chi connectivity index (χ1) is 4.75. The Morgan fingerprint density at radius 3 is 2.82 bits per heavy atom. The minimum atomic E-state index is -0.931. The fourth-order valence-corrected chi connectivity index (χ4v) is 0.751. The molecule has 1 aromatic heterocycles. The molecule has 1 N–H and O–H groups in total. The smallest absolute Gasteiger partial charge is 0.354 e. The SMILES string of the molecule is CCn1cncc1C(=O)O.Cl. The zero-order valence-corrected chi connectivity index (χ0v) is 6.84. The van der Waals surface area contributed by atoms with Gasteiger partial charge in [0.05, 0.1) is 12.5 Å². The number of carboxylic acid groups (broad SMARTS) is 1. The summed E-state index contributed by atoms with van der Waals surface area (Å²) < 4.78 is 1.57. The van der Waals surface area contributed by atoms with Gasteiger partial charge in [-0.1, -0.05) is 0 Å². The van der Waals surface area contributed by atoms with E-state index in [0.29, 0.717) is 6.54 Å². The average Bonchev–Trinajstić information content (AvgIpc) is 2.33. The summed E-state index contributed by atoms with van der Waals surface area (Å²) in [6, 6.07) is 0. The van der Waals surface area contributed by atoms with Gasteiger partial charge in [-0.05, 0) is 6.92 Å². The van der Waals surface area contributed by atoms with Crippen LogP contribution in [0.3, 0.4) is 0 Å².